The van der Waals surface area contributed by atoms with Crippen LogP contribution in [0, 0.1) is 46.3 Å². The van der Waals surface area contributed by atoms with Gasteiger partial charge in [-0.1, -0.05) is 27.7 Å². The molecule has 0 aromatic heterocycles. The summed E-state index contributed by atoms with van der Waals surface area (Å²) in [7, 11) is 0. The van der Waals surface area contributed by atoms with E-state index in [0.29, 0.717) is 0 Å². The van der Waals surface area contributed by atoms with E-state index in [2.05, 4.69) is 13.8 Å². The molecule has 5 rings (SSSR count). The molecule has 5 fully saturated rings. The van der Waals surface area contributed by atoms with Crippen LogP contribution in [0.3, 0.4) is 0 Å². The van der Waals surface area contributed by atoms with Crippen LogP contribution in [0.5, 0.6) is 0 Å². The van der Waals surface area contributed by atoms with E-state index in [9.17, 15) is 0 Å². The SMILES string of the molecule is C.C[C@@]12CCCC1C1CCC3CC4CC4C[C@]3(C)C1CC2. The largest absolute Gasteiger partial charge is 0.0776 e. The van der Waals surface area contributed by atoms with Crippen molar-refractivity contribution in [3.63, 3.8) is 0 Å². The molecule has 0 bridgehead atoms. The third kappa shape index (κ3) is 1.86. The van der Waals surface area contributed by atoms with Crippen LogP contribution in [0.4, 0.5) is 0 Å². The van der Waals surface area contributed by atoms with Crippen LogP contribution >= 0.6 is 0 Å². The van der Waals surface area contributed by atoms with Crippen LogP contribution < -0.4 is 0 Å². The first-order valence-electron chi connectivity index (χ1n) is 9.60. The molecule has 0 heterocycles. The molecule has 0 heteroatoms. The second-order valence-corrected chi connectivity index (χ2v) is 9.94. The van der Waals surface area contributed by atoms with Crippen molar-refractivity contribution in [1.29, 1.82) is 0 Å². The first-order valence-corrected chi connectivity index (χ1v) is 9.60. The summed E-state index contributed by atoms with van der Waals surface area (Å²) in [6.07, 6.45) is 15.8. The summed E-state index contributed by atoms with van der Waals surface area (Å²) in [5.74, 6) is 6.78. The molecule has 0 spiro atoms. The smallest absolute Gasteiger partial charge is 0.0264 e. The van der Waals surface area contributed by atoms with Crippen molar-refractivity contribution in [2.75, 3.05) is 0 Å². The number of fused-ring (bicyclic) bond motifs is 6. The number of hydrogen-bond donors (Lipinski definition) is 0. The van der Waals surface area contributed by atoms with Crippen molar-refractivity contribution in [2.24, 2.45) is 46.3 Å². The van der Waals surface area contributed by atoms with Gasteiger partial charge in [0.15, 0.2) is 0 Å². The summed E-state index contributed by atoms with van der Waals surface area (Å²) in [6, 6.07) is 0. The standard InChI is InChI=1S/C20H32.CH4/c1-19-8-3-4-17(19)16-6-5-15-11-13-10-14(13)12-20(15,2)18(16)7-9-19;/h13-18H,3-12H2,1-2H3;1H4/t13?,14?,15?,16?,17?,18?,19-,20-;/m0./s1. The van der Waals surface area contributed by atoms with Gasteiger partial charge in [-0.15, -0.1) is 0 Å². The minimum atomic E-state index is 0. The summed E-state index contributed by atoms with van der Waals surface area (Å²) in [4.78, 5) is 0. The van der Waals surface area contributed by atoms with Gasteiger partial charge in [-0.3, -0.25) is 0 Å². The third-order valence-corrected chi connectivity index (χ3v) is 9.20. The predicted molar refractivity (Wildman–Crippen MR) is 90.1 cm³/mol. The molecule has 0 saturated heterocycles. The van der Waals surface area contributed by atoms with E-state index in [1.807, 2.05) is 0 Å². The first-order chi connectivity index (χ1) is 9.60. The monoisotopic (exact) mass is 288 g/mol. The van der Waals surface area contributed by atoms with E-state index in [-0.39, 0.29) is 7.43 Å². The average molecular weight is 289 g/mol. The molecule has 0 nitrogen and oxygen atoms in total. The van der Waals surface area contributed by atoms with Crippen LogP contribution in [0.2, 0.25) is 0 Å². The van der Waals surface area contributed by atoms with Crippen molar-refractivity contribution in [1.82, 2.24) is 0 Å². The molecule has 5 aliphatic rings. The van der Waals surface area contributed by atoms with Gasteiger partial charge < -0.3 is 0 Å². The normalized spacial score (nSPS) is 60.9. The molecule has 5 saturated carbocycles. The van der Waals surface area contributed by atoms with Crippen LogP contribution in [-0.2, 0) is 0 Å². The van der Waals surface area contributed by atoms with Crippen molar-refractivity contribution in [2.45, 2.75) is 85.5 Å². The van der Waals surface area contributed by atoms with Gasteiger partial charge in [-0.25, -0.2) is 0 Å². The maximum Gasteiger partial charge on any atom is -0.0264 e. The molecule has 0 N–H and O–H groups in total. The highest BCUT2D eigenvalue weighted by molar-refractivity contribution is 5.10. The number of rotatable bonds is 0. The molecular formula is C21H36. The molecule has 120 valence electrons. The second-order valence-electron chi connectivity index (χ2n) is 9.94. The van der Waals surface area contributed by atoms with Gasteiger partial charge in [-0.05, 0) is 104 Å². The maximum absolute atomic E-state index is 2.74. The molecule has 21 heavy (non-hydrogen) atoms. The zero-order valence-corrected chi connectivity index (χ0v) is 13.5. The Bertz CT molecular complexity index is 426. The molecule has 0 radical (unpaired) electrons. The highest BCUT2D eigenvalue weighted by Crippen LogP contribution is 2.70. The van der Waals surface area contributed by atoms with Crippen LogP contribution in [0.25, 0.3) is 0 Å². The molecule has 5 aliphatic carbocycles. The molecule has 0 amide bonds. The fraction of sp³-hybridized carbons (Fsp3) is 1.00. The van der Waals surface area contributed by atoms with Gasteiger partial charge in [0.05, 0.1) is 0 Å². The van der Waals surface area contributed by atoms with E-state index in [0.717, 1.165) is 40.4 Å². The zero-order chi connectivity index (χ0) is 13.5. The molecule has 0 aromatic rings. The Morgan fingerprint density at radius 1 is 0.810 bits per heavy atom. The Morgan fingerprint density at radius 3 is 2.52 bits per heavy atom. The van der Waals surface area contributed by atoms with Crippen molar-refractivity contribution in [3.05, 3.63) is 0 Å². The van der Waals surface area contributed by atoms with E-state index in [4.69, 9.17) is 0 Å². The summed E-state index contributed by atoms with van der Waals surface area (Å²) >= 11 is 0. The van der Waals surface area contributed by atoms with Crippen molar-refractivity contribution >= 4 is 0 Å². The summed E-state index contributed by atoms with van der Waals surface area (Å²) < 4.78 is 0. The third-order valence-electron chi connectivity index (χ3n) is 9.20. The molecule has 6 unspecified atom stereocenters. The van der Waals surface area contributed by atoms with Gasteiger partial charge in [0.25, 0.3) is 0 Å². The van der Waals surface area contributed by atoms with Gasteiger partial charge >= 0.3 is 0 Å². The Kier molecular flexibility index (Phi) is 3.13. The molecular weight excluding hydrogens is 252 g/mol. The lowest BCUT2D eigenvalue weighted by Crippen LogP contribution is -2.52. The summed E-state index contributed by atoms with van der Waals surface area (Å²) in [5, 5.41) is 0. The van der Waals surface area contributed by atoms with Crippen LogP contribution in [0.1, 0.15) is 85.5 Å². The second kappa shape index (κ2) is 4.51. The Labute approximate surface area is 132 Å². The average Bonchev–Trinajstić information content (AvgIpc) is 3.03. The van der Waals surface area contributed by atoms with Gasteiger partial charge in [0.1, 0.15) is 0 Å². The lowest BCUT2D eigenvalue weighted by molar-refractivity contribution is -0.105. The van der Waals surface area contributed by atoms with Crippen molar-refractivity contribution < 1.29 is 0 Å². The summed E-state index contributed by atoms with van der Waals surface area (Å²) in [6.45, 7) is 5.38. The minimum absolute atomic E-state index is 0. The zero-order valence-electron chi connectivity index (χ0n) is 13.5. The predicted octanol–water partition coefficient (Wildman–Crippen LogP) is 6.30. The van der Waals surface area contributed by atoms with Crippen LogP contribution in [-0.4, -0.2) is 0 Å². The van der Waals surface area contributed by atoms with Crippen molar-refractivity contribution in [3.8, 4) is 0 Å². The lowest BCUT2D eigenvalue weighted by atomic mass is 9.45. The molecule has 0 aromatic carbocycles. The number of hydrogen-bond acceptors (Lipinski definition) is 0. The molecule has 8 atom stereocenters. The van der Waals surface area contributed by atoms with Gasteiger partial charge in [0.2, 0.25) is 0 Å². The highest BCUT2D eigenvalue weighted by Gasteiger charge is 2.61. The fourth-order valence-corrected chi connectivity index (χ4v) is 8.01. The fourth-order valence-electron chi connectivity index (χ4n) is 8.01. The molecule has 0 aliphatic heterocycles. The Morgan fingerprint density at radius 2 is 1.67 bits per heavy atom. The quantitative estimate of drug-likeness (QED) is 0.490. The van der Waals surface area contributed by atoms with Gasteiger partial charge in [-0.2, -0.15) is 0 Å². The lowest BCUT2D eigenvalue weighted by Gasteiger charge is -2.60. The van der Waals surface area contributed by atoms with Crippen LogP contribution in [0.15, 0.2) is 0 Å². The Balaban J connectivity index is 0.00000115. The van der Waals surface area contributed by atoms with Gasteiger partial charge in [0, 0.05) is 0 Å². The summed E-state index contributed by atoms with van der Waals surface area (Å²) in [5.41, 5.74) is 1.51. The van der Waals surface area contributed by atoms with E-state index >= 15 is 0 Å². The topological polar surface area (TPSA) is 0 Å². The first kappa shape index (κ1) is 14.6. The van der Waals surface area contributed by atoms with E-state index in [1.54, 1.807) is 57.8 Å². The van der Waals surface area contributed by atoms with E-state index in [1.165, 1.54) is 12.3 Å². The van der Waals surface area contributed by atoms with E-state index < -0.39 is 0 Å². The minimum Gasteiger partial charge on any atom is -0.0776 e. The maximum atomic E-state index is 2.74. The Hall–Kier alpha value is 0. The highest BCUT2D eigenvalue weighted by atomic mass is 14.7.